The van der Waals surface area contributed by atoms with Crippen LogP contribution in [0.2, 0.25) is 0 Å². The summed E-state index contributed by atoms with van der Waals surface area (Å²) in [7, 11) is 0. The third-order valence-corrected chi connectivity index (χ3v) is 7.28. The van der Waals surface area contributed by atoms with Crippen molar-refractivity contribution in [3.8, 4) is 11.1 Å². The first-order valence-corrected chi connectivity index (χ1v) is 13.5. The first-order chi connectivity index (χ1) is 18.1. The Labute approximate surface area is 222 Å². The number of fused-ring (bicyclic) bond motifs is 1. The number of aryl methyl sites for hydroxylation is 1. The van der Waals surface area contributed by atoms with Crippen molar-refractivity contribution in [2.45, 2.75) is 90.0 Å². The molecule has 2 fully saturated rings. The summed E-state index contributed by atoms with van der Waals surface area (Å²) in [5.41, 5.74) is 9.51. The summed E-state index contributed by atoms with van der Waals surface area (Å²) < 4.78 is 7.49. The van der Waals surface area contributed by atoms with Crippen LogP contribution in [-0.4, -0.2) is 71.7 Å². The second-order valence-corrected chi connectivity index (χ2v) is 11.3. The maximum atomic E-state index is 12.4. The number of pyridine rings is 1. The molecule has 0 radical (unpaired) electrons. The molecule has 3 aromatic rings. The van der Waals surface area contributed by atoms with E-state index in [-0.39, 0.29) is 24.3 Å². The van der Waals surface area contributed by atoms with E-state index in [1.807, 2.05) is 44.8 Å². The van der Waals surface area contributed by atoms with Gasteiger partial charge in [-0.3, -0.25) is 4.68 Å². The topological polar surface area (TPSA) is 144 Å². The molecule has 11 heteroatoms. The normalized spacial score (nSPS) is 20.7. The Morgan fingerprint density at radius 3 is 2.58 bits per heavy atom. The maximum absolute atomic E-state index is 12.4. The van der Waals surface area contributed by atoms with E-state index in [2.05, 4.69) is 15.4 Å². The Bertz CT molecular complexity index is 1310. The number of nitrogens with one attached hydrogen (secondary N) is 1. The van der Waals surface area contributed by atoms with E-state index in [1.165, 1.54) is 0 Å². The van der Waals surface area contributed by atoms with Crippen LogP contribution in [0.1, 0.15) is 71.5 Å². The molecular weight excluding hydrogens is 484 g/mol. The van der Waals surface area contributed by atoms with E-state index in [0.29, 0.717) is 42.8 Å². The van der Waals surface area contributed by atoms with Gasteiger partial charge in [0.15, 0.2) is 5.82 Å². The molecular formula is C27H38N8O3. The lowest BCUT2D eigenvalue weighted by molar-refractivity contribution is 0.0184. The van der Waals surface area contributed by atoms with Gasteiger partial charge in [-0.15, -0.1) is 0 Å². The van der Waals surface area contributed by atoms with E-state index in [9.17, 15) is 9.90 Å². The average Bonchev–Trinajstić information content (AvgIpc) is 3.52. The van der Waals surface area contributed by atoms with Crippen LogP contribution in [-0.2, 0) is 11.2 Å². The van der Waals surface area contributed by atoms with Crippen LogP contribution in [0, 0.1) is 0 Å². The SMILES string of the molecule is CCc1nc2c(N)ncc(-c3cnn(C4CCN(C(=O)OC(C)(C)C)CC4)c3)c2nc1N[C@@H]1CC[C@H](O)C1. The highest BCUT2D eigenvalue weighted by Crippen LogP contribution is 2.33. The maximum Gasteiger partial charge on any atom is 0.410 e. The summed E-state index contributed by atoms with van der Waals surface area (Å²) >= 11 is 0. The second kappa shape index (κ2) is 10.4. The van der Waals surface area contributed by atoms with Gasteiger partial charge in [-0.2, -0.15) is 5.10 Å². The van der Waals surface area contributed by atoms with E-state index < -0.39 is 5.60 Å². The smallest absolute Gasteiger partial charge is 0.410 e. The van der Waals surface area contributed by atoms with Crippen LogP contribution >= 0.6 is 0 Å². The number of aromatic nitrogens is 5. The highest BCUT2D eigenvalue weighted by atomic mass is 16.6. The van der Waals surface area contributed by atoms with Crippen LogP contribution in [0.4, 0.5) is 16.4 Å². The minimum absolute atomic E-state index is 0.166. The number of hydrogen-bond acceptors (Lipinski definition) is 9. The average molecular weight is 523 g/mol. The molecule has 5 rings (SSSR count). The van der Waals surface area contributed by atoms with Gasteiger partial charge in [0.25, 0.3) is 0 Å². The molecule has 204 valence electrons. The predicted octanol–water partition coefficient (Wildman–Crippen LogP) is 3.93. The van der Waals surface area contributed by atoms with Crippen molar-refractivity contribution in [2.75, 3.05) is 24.1 Å². The molecule has 0 unspecified atom stereocenters. The molecule has 4 heterocycles. The third-order valence-electron chi connectivity index (χ3n) is 7.28. The largest absolute Gasteiger partial charge is 0.444 e. The number of nitrogen functional groups attached to an aromatic ring is 1. The van der Waals surface area contributed by atoms with Crippen LogP contribution in [0.3, 0.4) is 0 Å². The van der Waals surface area contributed by atoms with Gasteiger partial charge in [-0.1, -0.05) is 6.92 Å². The summed E-state index contributed by atoms with van der Waals surface area (Å²) in [4.78, 5) is 28.4. The highest BCUT2D eigenvalue weighted by Gasteiger charge is 2.28. The van der Waals surface area contributed by atoms with Crippen molar-refractivity contribution in [3.63, 3.8) is 0 Å². The van der Waals surface area contributed by atoms with E-state index >= 15 is 0 Å². The summed E-state index contributed by atoms with van der Waals surface area (Å²) in [6, 6.07) is 0.346. The lowest BCUT2D eigenvalue weighted by Crippen LogP contribution is -2.42. The quantitative estimate of drug-likeness (QED) is 0.454. The monoisotopic (exact) mass is 522 g/mol. The molecule has 1 amide bonds. The van der Waals surface area contributed by atoms with Crippen molar-refractivity contribution in [1.82, 2.24) is 29.6 Å². The molecule has 1 aliphatic heterocycles. The van der Waals surface area contributed by atoms with Gasteiger partial charge in [0.2, 0.25) is 0 Å². The van der Waals surface area contributed by atoms with E-state index in [4.69, 9.17) is 20.4 Å². The molecule has 1 aliphatic carbocycles. The van der Waals surface area contributed by atoms with Crippen LogP contribution in [0.15, 0.2) is 18.6 Å². The van der Waals surface area contributed by atoms with Crippen molar-refractivity contribution in [2.24, 2.45) is 0 Å². The van der Waals surface area contributed by atoms with Crippen LogP contribution in [0.5, 0.6) is 0 Å². The zero-order chi connectivity index (χ0) is 27.0. The number of anilines is 2. The Morgan fingerprint density at radius 1 is 1.16 bits per heavy atom. The minimum Gasteiger partial charge on any atom is -0.444 e. The number of aliphatic hydroxyl groups is 1. The molecule has 2 atom stereocenters. The molecule has 0 bridgehead atoms. The Kier molecular flexibility index (Phi) is 7.13. The molecule has 11 nitrogen and oxygen atoms in total. The number of rotatable bonds is 5. The van der Waals surface area contributed by atoms with E-state index in [1.54, 1.807) is 11.1 Å². The van der Waals surface area contributed by atoms with Crippen molar-refractivity contribution in [3.05, 3.63) is 24.3 Å². The lowest BCUT2D eigenvalue weighted by atomic mass is 10.1. The first kappa shape index (κ1) is 26.1. The number of aliphatic hydroxyl groups excluding tert-OH is 1. The third kappa shape index (κ3) is 5.52. The number of nitrogens with zero attached hydrogens (tertiary/aromatic N) is 6. The summed E-state index contributed by atoms with van der Waals surface area (Å²) in [5, 5.41) is 18.1. The van der Waals surface area contributed by atoms with Crippen LogP contribution in [0.25, 0.3) is 22.2 Å². The fraction of sp³-hybridized carbons (Fsp3) is 0.593. The Balaban J connectivity index is 1.38. The van der Waals surface area contributed by atoms with Gasteiger partial charge in [-0.05, 0) is 59.3 Å². The molecule has 0 aromatic carbocycles. The Hall–Kier alpha value is -3.47. The summed E-state index contributed by atoms with van der Waals surface area (Å²) in [6.45, 7) is 8.92. The highest BCUT2D eigenvalue weighted by molar-refractivity contribution is 5.96. The zero-order valence-electron chi connectivity index (χ0n) is 22.6. The summed E-state index contributed by atoms with van der Waals surface area (Å²) in [6.07, 6.45) is 9.70. The van der Waals surface area contributed by atoms with Crippen molar-refractivity contribution < 1.29 is 14.6 Å². The number of likely N-dealkylation sites (tertiary alicyclic amines) is 1. The van der Waals surface area contributed by atoms with Gasteiger partial charge in [0.1, 0.15) is 22.5 Å². The standard InChI is InChI=1S/C27H38N8O3/c1-5-21-25(31-17-6-7-19(36)12-17)33-22-20(14-29-24(28)23(22)32-21)16-13-30-35(15-16)18-8-10-34(11-9-18)26(37)38-27(2,3)4/h13-15,17-19,36H,5-12H2,1-4H3,(H2,28,29)(H,31,33)/t17-,19+/m1/s1. The zero-order valence-corrected chi connectivity index (χ0v) is 22.6. The van der Waals surface area contributed by atoms with Crippen LogP contribution < -0.4 is 11.1 Å². The lowest BCUT2D eigenvalue weighted by Gasteiger charge is -2.33. The van der Waals surface area contributed by atoms with Gasteiger partial charge < -0.3 is 25.8 Å². The molecule has 1 saturated carbocycles. The van der Waals surface area contributed by atoms with E-state index in [0.717, 1.165) is 48.3 Å². The fourth-order valence-electron chi connectivity index (χ4n) is 5.26. The number of carbonyl (C=O) groups is 1. The first-order valence-electron chi connectivity index (χ1n) is 13.5. The number of piperidine rings is 1. The minimum atomic E-state index is -0.505. The van der Waals surface area contributed by atoms with Gasteiger partial charge in [0, 0.05) is 42.7 Å². The molecule has 4 N–H and O–H groups in total. The van der Waals surface area contributed by atoms with Crippen molar-refractivity contribution in [1.29, 1.82) is 0 Å². The second-order valence-electron chi connectivity index (χ2n) is 11.3. The fourth-order valence-corrected chi connectivity index (χ4v) is 5.26. The van der Waals surface area contributed by atoms with Gasteiger partial charge in [-0.25, -0.2) is 19.7 Å². The molecule has 2 aliphatic rings. The number of carbonyl (C=O) groups excluding carboxylic acids is 1. The molecule has 0 spiro atoms. The van der Waals surface area contributed by atoms with Crippen molar-refractivity contribution >= 4 is 28.8 Å². The summed E-state index contributed by atoms with van der Waals surface area (Å²) in [5.74, 6) is 1.07. The molecule has 3 aromatic heterocycles. The number of ether oxygens (including phenoxy) is 1. The molecule has 1 saturated heterocycles. The number of hydrogen-bond donors (Lipinski definition) is 3. The molecule has 38 heavy (non-hydrogen) atoms. The van der Waals surface area contributed by atoms with Gasteiger partial charge >= 0.3 is 6.09 Å². The number of nitrogens with two attached hydrogens (primary N) is 1. The van der Waals surface area contributed by atoms with Gasteiger partial charge in [0.05, 0.1) is 24.0 Å². The number of amides is 1. The Morgan fingerprint density at radius 2 is 1.92 bits per heavy atom. The predicted molar refractivity (Wildman–Crippen MR) is 146 cm³/mol.